The fraction of sp³-hybridized carbons (Fsp3) is 0.312. The molecule has 0 spiro atoms. The number of carbonyl (C=O) groups excluding carboxylic acids is 1. The number of hydrogen-bond donors (Lipinski definition) is 1. The molecule has 1 aromatic carbocycles. The van der Waals surface area contributed by atoms with Crippen molar-refractivity contribution >= 4 is 29.1 Å². The summed E-state index contributed by atoms with van der Waals surface area (Å²) in [5.41, 5.74) is -1.09. The third-order valence-corrected chi connectivity index (χ3v) is 3.69. The minimum absolute atomic E-state index is 0.0377. The van der Waals surface area contributed by atoms with Gasteiger partial charge in [-0.25, -0.2) is 9.97 Å². The molecule has 0 aliphatic carbocycles. The Labute approximate surface area is 147 Å². The second kappa shape index (κ2) is 7.69. The Morgan fingerprint density at radius 3 is 2.52 bits per heavy atom. The lowest BCUT2D eigenvalue weighted by molar-refractivity contribution is -0.136. The van der Waals surface area contributed by atoms with Crippen LogP contribution in [-0.4, -0.2) is 33.9 Å². The monoisotopic (exact) mass is 372 g/mol. The number of alkyl halides is 3. The zero-order chi connectivity index (χ0) is 18.6. The van der Waals surface area contributed by atoms with Crippen molar-refractivity contribution in [3.63, 3.8) is 0 Å². The predicted molar refractivity (Wildman–Crippen MR) is 89.0 cm³/mol. The maximum absolute atomic E-state index is 13.1. The van der Waals surface area contributed by atoms with Gasteiger partial charge < -0.3 is 10.2 Å². The van der Waals surface area contributed by atoms with Gasteiger partial charge in [0, 0.05) is 24.3 Å². The van der Waals surface area contributed by atoms with E-state index in [0.29, 0.717) is 13.1 Å². The Morgan fingerprint density at radius 2 is 1.92 bits per heavy atom. The van der Waals surface area contributed by atoms with Crippen LogP contribution in [0.1, 0.15) is 29.9 Å². The molecular weight excluding hydrogens is 357 g/mol. The van der Waals surface area contributed by atoms with Gasteiger partial charge in [0.1, 0.15) is 5.69 Å². The smallest absolute Gasteiger partial charge is 0.338 e. The minimum Gasteiger partial charge on any atom is -0.338 e. The number of halogens is 4. The molecule has 0 aliphatic rings. The molecule has 1 aromatic heterocycles. The van der Waals surface area contributed by atoms with E-state index in [-0.39, 0.29) is 28.3 Å². The highest BCUT2D eigenvalue weighted by atomic mass is 35.5. The van der Waals surface area contributed by atoms with Crippen LogP contribution in [0.4, 0.5) is 24.8 Å². The summed E-state index contributed by atoms with van der Waals surface area (Å²) in [6.07, 6.45) is -3.28. The van der Waals surface area contributed by atoms with Gasteiger partial charge in [0.05, 0.1) is 11.3 Å². The van der Waals surface area contributed by atoms with Crippen LogP contribution in [0.2, 0.25) is 5.02 Å². The van der Waals surface area contributed by atoms with Crippen LogP contribution in [0.5, 0.6) is 0 Å². The largest absolute Gasteiger partial charge is 0.418 e. The molecule has 2 aromatic rings. The molecule has 0 saturated heterocycles. The third kappa shape index (κ3) is 4.60. The van der Waals surface area contributed by atoms with Crippen molar-refractivity contribution in [2.24, 2.45) is 0 Å². The molecule has 25 heavy (non-hydrogen) atoms. The predicted octanol–water partition coefficient (Wildman–Crippen LogP) is 4.37. The highest BCUT2D eigenvalue weighted by molar-refractivity contribution is 6.30. The molecule has 2 rings (SSSR count). The van der Waals surface area contributed by atoms with Crippen molar-refractivity contribution in [2.75, 3.05) is 18.4 Å². The summed E-state index contributed by atoms with van der Waals surface area (Å²) in [4.78, 5) is 21.7. The lowest BCUT2D eigenvalue weighted by Crippen LogP contribution is -2.31. The van der Waals surface area contributed by atoms with Gasteiger partial charge in [0.2, 0.25) is 5.95 Å². The van der Waals surface area contributed by atoms with Crippen LogP contribution in [0.15, 0.2) is 30.5 Å². The van der Waals surface area contributed by atoms with Crippen LogP contribution in [0.25, 0.3) is 0 Å². The Hall–Kier alpha value is -2.35. The molecule has 0 bridgehead atoms. The number of nitrogens with zero attached hydrogens (tertiary/aromatic N) is 3. The standard InChI is InChI=1S/C16H16ClF3N4O/c1-3-24(4-2)14(25)13-7-8-21-15(23-13)22-12-6-5-10(17)9-11(12)16(18,19)20/h5-9H,3-4H2,1-2H3,(H,21,22,23). The summed E-state index contributed by atoms with van der Waals surface area (Å²) < 4.78 is 39.4. The molecule has 1 N–H and O–H groups in total. The number of hydrogen-bond acceptors (Lipinski definition) is 4. The van der Waals surface area contributed by atoms with Crippen molar-refractivity contribution in [3.05, 3.63) is 46.7 Å². The first-order valence-electron chi connectivity index (χ1n) is 7.52. The number of benzene rings is 1. The zero-order valence-corrected chi connectivity index (χ0v) is 14.3. The number of amides is 1. The van der Waals surface area contributed by atoms with Crippen LogP contribution in [0.3, 0.4) is 0 Å². The molecule has 0 atom stereocenters. The maximum Gasteiger partial charge on any atom is 0.418 e. The van der Waals surface area contributed by atoms with Crippen LogP contribution in [-0.2, 0) is 6.18 Å². The van der Waals surface area contributed by atoms with Gasteiger partial charge in [0.25, 0.3) is 5.91 Å². The minimum atomic E-state index is -4.60. The van der Waals surface area contributed by atoms with E-state index in [1.165, 1.54) is 24.4 Å². The highest BCUT2D eigenvalue weighted by Gasteiger charge is 2.34. The lowest BCUT2D eigenvalue weighted by atomic mass is 10.1. The average molecular weight is 373 g/mol. The number of nitrogens with one attached hydrogen (secondary N) is 1. The number of anilines is 2. The molecule has 0 unspecified atom stereocenters. The van der Waals surface area contributed by atoms with Gasteiger partial charge in [-0.2, -0.15) is 13.2 Å². The van der Waals surface area contributed by atoms with Crippen LogP contribution >= 0.6 is 11.6 Å². The van der Waals surface area contributed by atoms with Crippen molar-refractivity contribution in [1.29, 1.82) is 0 Å². The number of rotatable bonds is 5. The maximum atomic E-state index is 13.1. The van der Waals surface area contributed by atoms with Gasteiger partial charge in [0.15, 0.2) is 0 Å². The first-order chi connectivity index (χ1) is 11.8. The molecule has 5 nitrogen and oxygen atoms in total. The summed E-state index contributed by atoms with van der Waals surface area (Å²) in [5.74, 6) is -0.423. The van der Waals surface area contributed by atoms with Crippen molar-refractivity contribution in [2.45, 2.75) is 20.0 Å². The second-order valence-corrected chi connectivity index (χ2v) is 5.49. The normalized spacial score (nSPS) is 11.3. The van der Waals surface area contributed by atoms with Crippen molar-refractivity contribution in [3.8, 4) is 0 Å². The molecule has 134 valence electrons. The Kier molecular flexibility index (Phi) is 5.84. The van der Waals surface area contributed by atoms with E-state index in [4.69, 9.17) is 11.6 Å². The third-order valence-electron chi connectivity index (χ3n) is 3.46. The fourth-order valence-electron chi connectivity index (χ4n) is 2.19. The van der Waals surface area contributed by atoms with Gasteiger partial charge in [-0.3, -0.25) is 4.79 Å². The average Bonchev–Trinajstić information content (AvgIpc) is 2.57. The van der Waals surface area contributed by atoms with E-state index in [1.54, 1.807) is 4.90 Å². The Morgan fingerprint density at radius 1 is 1.24 bits per heavy atom. The summed E-state index contributed by atoms with van der Waals surface area (Å²) in [5, 5.41) is 2.47. The SMILES string of the molecule is CCN(CC)C(=O)c1ccnc(Nc2ccc(Cl)cc2C(F)(F)F)n1. The van der Waals surface area contributed by atoms with E-state index in [9.17, 15) is 18.0 Å². The van der Waals surface area contributed by atoms with E-state index >= 15 is 0 Å². The lowest BCUT2D eigenvalue weighted by Gasteiger charge is -2.18. The quantitative estimate of drug-likeness (QED) is 0.846. The van der Waals surface area contributed by atoms with E-state index in [0.717, 1.165) is 6.07 Å². The molecule has 0 fully saturated rings. The highest BCUT2D eigenvalue weighted by Crippen LogP contribution is 2.37. The fourth-order valence-corrected chi connectivity index (χ4v) is 2.36. The molecule has 9 heteroatoms. The van der Waals surface area contributed by atoms with Crippen LogP contribution in [0, 0.1) is 0 Å². The molecule has 1 heterocycles. The second-order valence-electron chi connectivity index (χ2n) is 5.06. The number of aromatic nitrogens is 2. The summed E-state index contributed by atoms with van der Waals surface area (Å²) >= 11 is 5.65. The van der Waals surface area contributed by atoms with Gasteiger partial charge >= 0.3 is 6.18 Å². The van der Waals surface area contributed by atoms with Gasteiger partial charge in [-0.1, -0.05) is 11.6 Å². The van der Waals surface area contributed by atoms with Crippen molar-refractivity contribution < 1.29 is 18.0 Å². The summed E-state index contributed by atoms with van der Waals surface area (Å²) in [6.45, 7) is 4.64. The molecule has 0 saturated carbocycles. The molecule has 1 amide bonds. The molecule has 0 radical (unpaired) electrons. The topological polar surface area (TPSA) is 58.1 Å². The van der Waals surface area contributed by atoms with E-state index in [1.807, 2.05) is 13.8 Å². The summed E-state index contributed by atoms with van der Waals surface area (Å²) in [6, 6.07) is 4.74. The van der Waals surface area contributed by atoms with Crippen molar-refractivity contribution in [1.82, 2.24) is 14.9 Å². The molecular formula is C16H16ClF3N4O. The van der Waals surface area contributed by atoms with Crippen LogP contribution < -0.4 is 5.32 Å². The summed E-state index contributed by atoms with van der Waals surface area (Å²) in [7, 11) is 0. The first-order valence-corrected chi connectivity index (χ1v) is 7.90. The number of carbonyl (C=O) groups is 1. The molecule has 0 aliphatic heterocycles. The Balaban J connectivity index is 2.34. The van der Waals surface area contributed by atoms with E-state index < -0.39 is 11.7 Å². The zero-order valence-electron chi connectivity index (χ0n) is 13.6. The van der Waals surface area contributed by atoms with E-state index in [2.05, 4.69) is 15.3 Å². The van der Waals surface area contributed by atoms with Gasteiger partial charge in [-0.15, -0.1) is 0 Å². The Bertz CT molecular complexity index is 763. The first kappa shape index (κ1) is 19.0. The van der Waals surface area contributed by atoms with Gasteiger partial charge in [-0.05, 0) is 38.1 Å².